The molecule has 1 atom stereocenters. The number of likely N-dealkylation sites (tertiary alicyclic amines) is 1. The highest BCUT2D eigenvalue weighted by Gasteiger charge is 2.46. The number of aryl methyl sites for hydroxylation is 2. The van der Waals surface area contributed by atoms with Gasteiger partial charge >= 0.3 is 0 Å². The van der Waals surface area contributed by atoms with E-state index in [4.69, 9.17) is 4.42 Å². The molecule has 5 nitrogen and oxygen atoms in total. The normalized spacial score (nSPS) is 18.8. The smallest absolute Gasteiger partial charge is 0.296 e. The lowest BCUT2D eigenvalue weighted by molar-refractivity contribution is -0.140. The summed E-state index contributed by atoms with van der Waals surface area (Å²) in [6.45, 7) is 4.08. The van der Waals surface area contributed by atoms with E-state index in [9.17, 15) is 14.7 Å². The number of carbonyl (C=O) groups excluding carboxylic acids is 2. The highest BCUT2D eigenvalue weighted by molar-refractivity contribution is 7.10. The van der Waals surface area contributed by atoms with Crippen LogP contribution in [0.2, 0.25) is 0 Å². The number of furan rings is 1. The molecule has 1 unspecified atom stereocenters. The highest BCUT2D eigenvalue weighted by atomic mass is 32.1. The van der Waals surface area contributed by atoms with E-state index < -0.39 is 17.7 Å². The van der Waals surface area contributed by atoms with E-state index in [0.717, 1.165) is 16.0 Å². The molecule has 1 aromatic carbocycles. The number of nitrogens with zero attached hydrogens (tertiary/aromatic N) is 1. The minimum absolute atomic E-state index is 0.113. The Balaban J connectivity index is 1.85. The maximum atomic E-state index is 12.9. The highest BCUT2D eigenvalue weighted by Crippen LogP contribution is 2.42. The van der Waals surface area contributed by atoms with Crippen LogP contribution in [0.4, 0.5) is 0 Å². The number of amides is 1. The Hall–Kier alpha value is -3.12. The summed E-state index contributed by atoms with van der Waals surface area (Å²) in [5.41, 5.74) is 2.73. The maximum absolute atomic E-state index is 12.9. The zero-order valence-corrected chi connectivity index (χ0v) is 16.3. The van der Waals surface area contributed by atoms with Crippen molar-refractivity contribution >= 4 is 28.8 Å². The first-order valence-electron chi connectivity index (χ1n) is 8.89. The second-order valence-electron chi connectivity index (χ2n) is 6.82. The van der Waals surface area contributed by atoms with Crippen molar-refractivity contribution < 1.29 is 19.1 Å². The Kier molecular flexibility index (Phi) is 4.65. The molecular weight excluding hydrogens is 374 g/mol. The van der Waals surface area contributed by atoms with Crippen LogP contribution in [0.3, 0.4) is 0 Å². The quantitative estimate of drug-likeness (QED) is 0.400. The van der Waals surface area contributed by atoms with Crippen molar-refractivity contribution in [2.75, 3.05) is 0 Å². The van der Waals surface area contributed by atoms with Crippen molar-refractivity contribution in [2.45, 2.75) is 26.4 Å². The monoisotopic (exact) mass is 393 g/mol. The van der Waals surface area contributed by atoms with Gasteiger partial charge in [0.1, 0.15) is 17.6 Å². The summed E-state index contributed by atoms with van der Waals surface area (Å²) in [6, 6.07) is 12.1. The number of aliphatic hydroxyl groups excluding tert-OH is 1. The fraction of sp³-hybridized carbons (Fsp3) is 0.182. The van der Waals surface area contributed by atoms with Crippen LogP contribution in [0.25, 0.3) is 5.76 Å². The molecule has 3 heterocycles. The fourth-order valence-corrected chi connectivity index (χ4v) is 4.25. The molecule has 1 fully saturated rings. The van der Waals surface area contributed by atoms with E-state index in [2.05, 4.69) is 0 Å². The summed E-state index contributed by atoms with van der Waals surface area (Å²) in [5, 5.41) is 12.9. The zero-order valence-electron chi connectivity index (χ0n) is 15.5. The first-order chi connectivity index (χ1) is 13.5. The average molecular weight is 393 g/mol. The van der Waals surface area contributed by atoms with Gasteiger partial charge in [-0.15, -0.1) is 11.3 Å². The van der Waals surface area contributed by atoms with Gasteiger partial charge in [0, 0.05) is 10.4 Å². The lowest BCUT2D eigenvalue weighted by Gasteiger charge is -2.23. The number of carbonyl (C=O) groups is 2. The van der Waals surface area contributed by atoms with Crippen molar-refractivity contribution in [3.63, 3.8) is 0 Å². The van der Waals surface area contributed by atoms with Crippen LogP contribution < -0.4 is 0 Å². The summed E-state index contributed by atoms with van der Waals surface area (Å²) in [6.07, 6.45) is 1.53. The number of rotatable bonds is 4. The van der Waals surface area contributed by atoms with Crippen LogP contribution in [0.1, 0.15) is 33.4 Å². The Labute approximate surface area is 166 Å². The Morgan fingerprint density at radius 2 is 1.96 bits per heavy atom. The number of hydrogen-bond acceptors (Lipinski definition) is 5. The first-order valence-corrected chi connectivity index (χ1v) is 9.77. The largest absolute Gasteiger partial charge is 0.507 e. The molecule has 1 saturated heterocycles. The summed E-state index contributed by atoms with van der Waals surface area (Å²) < 4.78 is 5.37. The number of Topliss-reactive ketones (excluding diaryl/α,β-unsaturated/α-hetero) is 1. The number of thiophene rings is 1. The van der Waals surface area contributed by atoms with Gasteiger partial charge in [-0.05, 0) is 54.6 Å². The number of benzene rings is 1. The van der Waals surface area contributed by atoms with Gasteiger partial charge < -0.3 is 14.4 Å². The molecule has 0 aliphatic carbocycles. The molecule has 1 N–H and O–H groups in total. The van der Waals surface area contributed by atoms with Crippen molar-refractivity contribution in [3.05, 3.63) is 87.0 Å². The van der Waals surface area contributed by atoms with Crippen LogP contribution in [0.15, 0.2) is 64.1 Å². The van der Waals surface area contributed by atoms with Gasteiger partial charge in [-0.1, -0.05) is 18.2 Å². The van der Waals surface area contributed by atoms with Gasteiger partial charge in [0.05, 0.1) is 18.4 Å². The SMILES string of the molecule is Cc1ccc(/C(O)=C2/C(=O)C(=O)N(Cc3ccco3)C2c2cccs2)cc1C. The van der Waals surface area contributed by atoms with E-state index in [-0.39, 0.29) is 17.9 Å². The third-order valence-corrected chi connectivity index (χ3v) is 5.96. The third kappa shape index (κ3) is 3.05. The minimum Gasteiger partial charge on any atom is -0.507 e. The molecule has 2 aromatic heterocycles. The molecule has 142 valence electrons. The summed E-state index contributed by atoms with van der Waals surface area (Å²) in [5.74, 6) is -0.891. The van der Waals surface area contributed by atoms with E-state index in [0.29, 0.717) is 11.3 Å². The summed E-state index contributed by atoms with van der Waals surface area (Å²) in [7, 11) is 0. The topological polar surface area (TPSA) is 70.8 Å². The van der Waals surface area contributed by atoms with E-state index in [1.54, 1.807) is 18.2 Å². The zero-order chi connectivity index (χ0) is 19.8. The van der Waals surface area contributed by atoms with Gasteiger partial charge in [0.25, 0.3) is 11.7 Å². The summed E-state index contributed by atoms with van der Waals surface area (Å²) in [4.78, 5) is 28.0. The van der Waals surface area contributed by atoms with Crippen molar-refractivity contribution in [3.8, 4) is 0 Å². The van der Waals surface area contributed by atoms with Gasteiger partial charge in [-0.2, -0.15) is 0 Å². The minimum atomic E-state index is -0.680. The second-order valence-corrected chi connectivity index (χ2v) is 7.80. The van der Waals surface area contributed by atoms with Crippen molar-refractivity contribution in [1.82, 2.24) is 4.90 Å². The maximum Gasteiger partial charge on any atom is 0.296 e. The lowest BCUT2D eigenvalue weighted by Crippen LogP contribution is -2.28. The predicted molar refractivity (Wildman–Crippen MR) is 107 cm³/mol. The standard InChI is InChI=1S/C22H19NO4S/c1-13-7-8-15(11-14(13)2)20(24)18-19(17-6-4-10-28-17)23(22(26)21(18)25)12-16-5-3-9-27-16/h3-11,19,24H,12H2,1-2H3/b20-18-. The predicted octanol–water partition coefficient (Wildman–Crippen LogP) is 4.58. The third-order valence-electron chi connectivity index (χ3n) is 5.04. The lowest BCUT2D eigenvalue weighted by atomic mass is 9.97. The van der Waals surface area contributed by atoms with Gasteiger partial charge in [-0.25, -0.2) is 0 Å². The molecule has 6 heteroatoms. The molecule has 0 saturated carbocycles. The van der Waals surface area contributed by atoms with E-state index in [1.165, 1.54) is 22.5 Å². The Bertz CT molecular complexity index is 1060. The van der Waals surface area contributed by atoms with Crippen molar-refractivity contribution in [2.24, 2.45) is 0 Å². The molecule has 0 bridgehead atoms. The Morgan fingerprint density at radius 3 is 2.61 bits per heavy atom. The van der Waals surface area contributed by atoms with Crippen LogP contribution >= 0.6 is 11.3 Å². The molecule has 0 spiro atoms. The summed E-state index contributed by atoms with van der Waals surface area (Å²) >= 11 is 1.44. The number of hydrogen-bond donors (Lipinski definition) is 1. The van der Waals surface area contributed by atoms with Crippen LogP contribution in [0, 0.1) is 13.8 Å². The fourth-order valence-electron chi connectivity index (χ4n) is 3.40. The molecule has 28 heavy (non-hydrogen) atoms. The molecule has 3 aromatic rings. The number of aliphatic hydroxyl groups is 1. The van der Waals surface area contributed by atoms with Gasteiger partial charge in [-0.3, -0.25) is 9.59 Å². The van der Waals surface area contributed by atoms with Crippen LogP contribution in [0.5, 0.6) is 0 Å². The molecular formula is C22H19NO4S. The van der Waals surface area contributed by atoms with Crippen molar-refractivity contribution in [1.29, 1.82) is 0 Å². The molecule has 1 amide bonds. The first kappa shape index (κ1) is 18.3. The van der Waals surface area contributed by atoms with Gasteiger partial charge in [0.15, 0.2) is 0 Å². The van der Waals surface area contributed by atoms with Gasteiger partial charge in [0.2, 0.25) is 0 Å². The second kappa shape index (κ2) is 7.13. The molecule has 4 rings (SSSR count). The Morgan fingerprint density at radius 1 is 1.14 bits per heavy atom. The molecule has 1 aliphatic rings. The van der Waals surface area contributed by atoms with E-state index in [1.807, 2.05) is 43.5 Å². The molecule has 1 aliphatic heterocycles. The van der Waals surface area contributed by atoms with Crippen LogP contribution in [-0.2, 0) is 16.1 Å². The number of ketones is 1. The molecule has 0 radical (unpaired) electrons. The van der Waals surface area contributed by atoms with Crippen LogP contribution in [-0.4, -0.2) is 21.7 Å². The van der Waals surface area contributed by atoms with E-state index >= 15 is 0 Å². The average Bonchev–Trinajstić information content (AvgIpc) is 3.42.